The summed E-state index contributed by atoms with van der Waals surface area (Å²) in [6.07, 6.45) is 0.960. The number of nitrogens with zero attached hydrogens (tertiary/aromatic N) is 2. The van der Waals surface area contributed by atoms with Crippen LogP contribution in [0.25, 0.3) is 11.1 Å². The number of ether oxygens (including phenoxy) is 1. The van der Waals surface area contributed by atoms with E-state index in [0.29, 0.717) is 29.9 Å². The Labute approximate surface area is 164 Å². The van der Waals surface area contributed by atoms with Gasteiger partial charge in [0.1, 0.15) is 17.3 Å². The van der Waals surface area contributed by atoms with E-state index in [1.165, 1.54) is 0 Å². The number of ketones is 1. The topological polar surface area (TPSA) is 75.0 Å². The molecule has 0 saturated heterocycles. The van der Waals surface area contributed by atoms with Crippen molar-refractivity contribution in [3.8, 4) is 22.9 Å². The molecule has 0 aliphatic rings. The van der Waals surface area contributed by atoms with Gasteiger partial charge >= 0.3 is 0 Å². The van der Waals surface area contributed by atoms with Gasteiger partial charge in [0.25, 0.3) is 0 Å². The van der Waals surface area contributed by atoms with E-state index in [1.807, 2.05) is 48.5 Å². The molecular weight excluding hydrogens is 350 g/mol. The van der Waals surface area contributed by atoms with Crippen LogP contribution in [-0.2, 0) is 6.42 Å². The quantitative estimate of drug-likeness (QED) is 0.620. The van der Waals surface area contributed by atoms with E-state index in [2.05, 4.69) is 16.4 Å². The third-order valence-corrected chi connectivity index (χ3v) is 4.51. The second kappa shape index (κ2) is 8.83. The average Bonchev–Trinajstić information content (AvgIpc) is 2.77. The molecule has 140 valence electrons. The molecule has 0 aliphatic carbocycles. The molecule has 0 unspecified atom stereocenters. The maximum Gasteiger partial charge on any atom is 0.181 e. The first-order valence-corrected chi connectivity index (χ1v) is 8.99. The Morgan fingerprint density at radius 1 is 1.07 bits per heavy atom. The van der Waals surface area contributed by atoms with Gasteiger partial charge < -0.3 is 10.1 Å². The van der Waals surface area contributed by atoms with Crippen LogP contribution in [0.3, 0.4) is 0 Å². The predicted molar refractivity (Wildman–Crippen MR) is 110 cm³/mol. The van der Waals surface area contributed by atoms with Crippen molar-refractivity contribution in [1.82, 2.24) is 4.98 Å². The van der Waals surface area contributed by atoms with Gasteiger partial charge in [0, 0.05) is 13.5 Å². The molecule has 1 heterocycles. The molecule has 28 heavy (non-hydrogen) atoms. The van der Waals surface area contributed by atoms with E-state index in [0.717, 1.165) is 22.4 Å². The third kappa shape index (κ3) is 4.54. The first-order valence-electron chi connectivity index (χ1n) is 8.99. The van der Waals surface area contributed by atoms with Gasteiger partial charge in [-0.05, 0) is 59.5 Å². The van der Waals surface area contributed by atoms with Crippen LogP contribution in [-0.4, -0.2) is 24.9 Å². The minimum absolute atomic E-state index is 0.0174. The van der Waals surface area contributed by atoms with Crippen LogP contribution in [0, 0.1) is 11.3 Å². The first-order chi connectivity index (χ1) is 13.6. The van der Waals surface area contributed by atoms with Gasteiger partial charge in [-0.3, -0.25) is 4.79 Å². The number of benzene rings is 2. The van der Waals surface area contributed by atoms with E-state index in [9.17, 15) is 4.79 Å². The van der Waals surface area contributed by atoms with Crippen molar-refractivity contribution in [3.05, 3.63) is 77.5 Å². The lowest BCUT2D eigenvalue weighted by atomic mass is 10.0. The third-order valence-electron chi connectivity index (χ3n) is 4.51. The van der Waals surface area contributed by atoms with Crippen LogP contribution in [0.5, 0.6) is 5.75 Å². The van der Waals surface area contributed by atoms with Gasteiger partial charge in [-0.1, -0.05) is 24.3 Å². The number of carbonyl (C=O) groups excluding carboxylic acids is 1. The summed E-state index contributed by atoms with van der Waals surface area (Å²) in [6.45, 7) is 0. The maximum absolute atomic E-state index is 12.7. The average molecular weight is 371 g/mol. The van der Waals surface area contributed by atoms with Crippen molar-refractivity contribution >= 4 is 11.6 Å². The summed E-state index contributed by atoms with van der Waals surface area (Å²) in [5, 5.41) is 11.9. The van der Waals surface area contributed by atoms with E-state index < -0.39 is 0 Å². The highest BCUT2D eigenvalue weighted by molar-refractivity contribution is 5.96. The second-order valence-electron chi connectivity index (χ2n) is 6.34. The molecule has 5 nitrogen and oxygen atoms in total. The minimum Gasteiger partial charge on any atom is -0.497 e. The number of carbonyl (C=O) groups is 1. The van der Waals surface area contributed by atoms with Crippen molar-refractivity contribution in [3.63, 3.8) is 0 Å². The number of aromatic nitrogens is 1. The molecule has 0 saturated carbocycles. The van der Waals surface area contributed by atoms with E-state index in [-0.39, 0.29) is 5.78 Å². The molecule has 1 aromatic heterocycles. The fraction of sp³-hybridized carbons (Fsp3) is 0.174. The van der Waals surface area contributed by atoms with Gasteiger partial charge in [-0.2, -0.15) is 5.26 Å². The zero-order valence-corrected chi connectivity index (χ0v) is 15.9. The Kier molecular flexibility index (Phi) is 6.03. The molecule has 0 spiro atoms. The van der Waals surface area contributed by atoms with E-state index in [4.69, 9.17) is 10.00 Å². The molecule has 0 amide bonds. The summed E-state index contributed by atoms with van der Waals surface area (Å²) >= 11 is 0. The zero-order valence-electron chi connectivity index (χ0n) is 15.9. The number of nitrogens with one attached hydrogen (secondary N) is 1. The summed E-state index contributed by atoms with van der Waals surface area (Å²) in [5.74, 6) is 1.41. The zero-order chi connectivity index (χ0) is 19.9. The number of nitriles is 1. The van der Waals surface area contributed by atoms with Crippen LogP contribution < -0.4 is 10.1 Å². The van der Waals surface area contributed by atoms with Gasteiger partial charge in [0.15, 0.2) is 5.78 Å². The number of rotatable bonds is 7. The Bertz CT molecular complexity index is 1000. The Morgan fingerprint density at radius 2 is 1.79 bits per heavy atom. The van der Waals surface area contributed by atoms with Crippen LogP contribution >= 0.6 is 0 Å². The monoisotopic (exact) mass is 371 g/mol. The lowest BCUT2D eigenvalue weighted by Gasteiger charge is -2.09. The summed E-state index contributed by atoms with van der Waals surface area (Å²) < 4.78 is 5.20. The summed E-state index contributed by atoms with van der Waals surface area (Å²) in [6, 6.07) is 20.8. The normalized spacial score (nSPS) is 10.2. The highest BCUT2D eigenvalue weighted by Gasteiger charge is 2.12. The predicted octanol–water partition coefficient (Wildman–Crippen LogP) is 4.49. The number of anilines is 1. The van der Waals surface area contributed by atoms with Crippen LogP contribution in [0.4, 0.5) is 5.82 Å². The highest BCUT2D eigenvalue weighted by atomic mass is 16.5. The highest BCUT2D eigenvalue weighted by Crippen LogP contribution is 2.25. The number of methoxy groups -OCH3 is 1. The Morgan fingerprint density at radius 3 is 2.39 bits per heavy atom. The first kappa shape index (κ1) is 19.1. The maximum atomic E-state index is 12.7. The van der Waals surface area contributed by atoms with Crippen LogP contribution in [0.15, 0.2) is 60.7 Å². The Hall–Kier alpha value is -3.65. The molecular formula is C23H21N3O2. The molecule has 0 aliphatic heterocycles. The van der Waals surface area contributed by atoms with Crippen molar-refractivity contribution in [1.29, 1.82) is 5.26 Å². The van der Waals surface area contributed by atoms with Gasteiger partial charge in [0.2, 0.25) is 0 Å². The summed E-state index contributed by atoms with van der Waals surface area (Å²) in [4.78, 5) is 17.2. The lowest BCUT2D eigenvalue weighted by Crippen LogP contribution is -2.06. The standard InChI is InChI=1S/C23H21N3O2/c1-25-23-14-19(18-8-10-20(28-2)11-9-18)13-21(26-23)22(27)12-7-16-3-5-17(15-24)6-4-16/h3-6,8-11,13-14H,7,12H2,1-2H3,(H,25,26). The number of hydrogen-bond donors (Lipinski definition) is 1. The lowest BCUT2D eigenvalue weighted by molar-refractivity contribution is 0.0978. The minimum atomic E-state index is -0.0174. The number of Topliss-reactive ketones (excluding diaryl/α,β-unsaturated/α-hetero) is 1. The molecule has 0 atom stereocenters. The molecule has 3 aromatic rings. The van der Waals surface area contributed by atoms with E-state index in [1.54, 1.807) is 26.3 Å². The van der Waals surface area contributed by atoms with Crippen molar-refractivity contribution < 1.29 is 9.53 Å². The van der Waals surface area contributed by atoms with E-state index >= 15 is 0 Å². The smallest absolute Gasteiger partial charge is 0.181 e. The van der Waals surface area contributed by atoms with Gasteiger partial charge in [-0.15, -0.1) is 0 Å². The fourth-order valence-electron chi connectivity index (χ4n) is 2.88. The molecule has 3 rings (SSSR count). The molecule has 0 radical (unpaired) electrons. The van der Waals surface area contributed by atoms with Gasteiger partial charge in [-0.25, -0.2) is 4.98 Å². The summed E-state index contributed by atoms with van der Waals surface area (Å²) in [7, 11) is 3.41. The van der Waals surface area contributed by atoms with Gasteiger partial charge in [0.05, 0.1) is 18.7 Å². The van der Waals surface area contributed by atoms with Crippen molar-refractivity contribution in [2.24, 2.45) is 0 Å². The SMILES string of the molecule is CNc1cc(-c2ccc(OC)cc2)cc(C(=O)CCc2ccc(C#N)cc2)n1. The number of pyridine rings is 1. The molecule has 2 aromatic carbocycles. The summed E-state index contributed by atoms with van der Waals surface area (Å²) in [5.41, 5.74) is 3.98. The second-order valence-corrected chi connectivity index (χ2v) is 6.34. The molecule has 0 fully saturated rings. The van der Waals surface area contributed by atoms with Crippen molar-refractivity contribution in [2.75, 3.05) is 19.5 Å². The largest absolute Gasteiger partial charge is 0.497 e. The van der Waals surface area contributed by atoms with Crippen LogP contribution in [0.2, 0.25) is 0 Å². The van der Waals surface area contributed by atoms with Crippen molar-refractivity contribution in [2.45, 2.75) is 12.8 Å². The molecule has 0 bridgehead atoms. The fourth-order valence-corrected chi connectivity index (χ4v) is 2.88. The van der Waals surface area contributed by atoms with Crippen LogP contribution in [0.1, 0.15) is 28.0 Å². The number of hydrogen-bond acceptors (Lipinski definition) is 5. The number of aryl methyl sites for hydroxylation is 1. The molecule has 5 heteroatoms. The molecule has 1 N–H and O–H groups in total. The Balaban J connectivity index is 1.79.